The Hall–Kier alpha value is -1.75. The summed E-state index contributed by atoms with van der Waals surface area (Å²) in [7, 11) is 0. The van der Waals surface area contributed by atoms with Crippen LogP contribution in [0.5, 0.6) is 0 Å². The topological polar surface area (TPSA) is 54.9 Å². The molecule has 1 aliphatic carbocycles. The quantitative estimate of drug-likeness (QED) is 0.925. The van der Waals surface area contributed by atoms with Gasteiger partial charge < -0.3 is 5.32 Å². The van der Waals surface area contributed by atoms with Gasteiger partial charge in [0.1, 0.15) is 5.82 Å². The second kappa shape index (κ2) is 5.56. The Kier molecular flexibility index (Phi) is 3.76. The lowest BCUT2D eigenvalue weighted by molar-refractivity contribution is -0.124. The van der Waals surface area contributed by atoms with E-state index < -0.39 is 0 Å². The lowest BCUT2D eigenvalue weighted by Crippen LogP contribution is -2.36. The van der Waals surface area contributed by atoms with Crippen molar-refractivity contribution in [1.29, 1.82) is 0 Å². The first-order valence-corrected chi connectivity index (χ1v) is 7.75. The molecular formula is C16H16BrN3O. The minimum Gasteiger partial charge on any atom is -0.346 e. The van der Waals surface area contributed by atoms with Crippen LogP contribution in [0.3, 0.4) is 0 Å². The minimum atomic E-state index is -0.356. The van der Waals surface area contributed by atoms with E-state index in [1.807, 2.05) is 37.3 Å². The van der Waals surface area contributed by atoms with Gasteiger partial charge in [0.05, 0.1) is 15.9 Å². The monoisotopic (exact) mass is 345 g/mol. The maximum Gasteiger partial charge on any atom is 0.231 e. The van der Waals surface area contributed by atoms with Crippen LogP contribution in [0.2, 0.25) is 0 Å². The second-order valence-corrected chi connectivity index (χ2v) is 6.32. The van der Waals surface area contributed by atoms with Crippen molar-refractivity contribution in [3.05, 3.63) is 58.6 Å². The Morgan fingerprint density at radius 1 is 1.24 bits per heavy atom. The zero-order valence-corrected chi connectivity index (χ0v) is 13.3. The van der Waals surface area contributed by atoms with Crippen molar-refractivity contribution in [3.8, 4) is 0 Å². The fourth-order valence-corrected chi connectivity index (χ4v) is 2.68. The standard InChI is InChI=1S/C16H16BrN3O/c1-11(14-18-9-13(17)10-19-14)20-15(21)16(7-8-16)12-5-3-2-4-6-12/h2-6,9-11H,7-8H2,1H3,(H,20,21)/t11-/m0/s1. The fraction of sp³-hybridized carbons (Fsp3) is 0.312. The van der Waals surface area contributed by atoms with Crippen molar-refractivity contribution in [3.63, 3.8) is 0 Å². The van der Waals surface area contributed by atoms with Gasteiger partial charge >= 0.3 is 0 Å². The molecule has 0 unspecified atom stereocenters. The van der Waals surface area contributed by atoms with Gasteiger partial charge in [-0.2, -0.15) is 0 Å². The van der Waals surface area contributed by atoms with E-state index in [1.165, 1.54) is 0 Å². The third-order valence-corrected chi connectivity index (χ3v) is 4.30. The van der Waals surface area contributed by atoms with Crippen molar-refractivity contribution in [2.45, 2.75) is 31.2 Å². The van der Waals surface area contributed by atoms with E-state index in [1.54, 1.807) is 12.4 Å². The Balaban J connectivity index is 1.73. The van der Waals surface area contributed by atoms with E-state index in [-0.39, 0.29) is 17.4 Å². The van der Waals surface area contributed by atoms with Crippen molar-refractivity contribution in [2.75, 3.05) is 0 Å². The van der Waals surface area contributed by atoms with E-state index in [2.05, 4.69) is 31.2 Å². The molecule has 2 aromatic rings. The smallest absolute Gasteiger partial charge is 0.231 e. The minimum absolute atomic E-state index is 0.0627. The molecule has 0 radical (unpaired) electrons. The van der Waals surface area contributed by atoms with Crippen LogP contribution in [0.25, 0.3) is 0 Å². The van der Waals surface area contributed by atoms with Gasteiger partial charge in [-0.25, -0.2) is 9.97 Å². The van der Waals surface area contributed by atoms with Crippen LogP contribution in [0.4, 0.5) is 0 Å². The van der Waals surface area contributed by atoms with Crippen LogP contribution in [-0.4, -0.2) is 15.9 Å². The van der Waals surface area contributed by atoms with Crippen molar-refractivity contribution in [1.82, 2.24) is 15.3 Å². The zero-order valence-electron chi connectivity index (χ0n) is 11.7. The largest absolute Gasteiger partial charge is 0.346 e. The van der Waals surface area contributed by atoms with Gasteiger partial charge in [0.25, 0.3) is 0 Å². The maximum absolute atomic E-state index is 12.6. The molecule has 108 valence electrons. The van der Waals surface area contributed by atoms with Crippen LogP contribution >= 0.6 is 15.9 Å². The van der Waals surface area contributed by atoms with Crippen LogP contribution in [0.15, 0.2) is 47.2 Å². The van der Waals surface area contributed by atoms with Gasteiger partial charge in [-0.15, -0.1) is 0 Å². The fourth-order valence-electron chi connectivity index (χ4n) is 2.47. The van der Waals surface area contributed by atoms with Crippen molar-refractivity contribution >= 4 is 21.8 Å². The molecule has 0 spiro atoms. The summed E-state index contributed by atoms with van der Waals surface area (Å²) in [6.07, 6.45) is 5.18. The SMILES string of the molecule is C[C@H](NC(=O)C1(c2ccccc2)CC1)c1ncc(Br)cn1. The summed E-state index contributed by atoms with van der Waals surface area (Å²) in [5.41, 5.74) is 0.733. The summed E-state index contributed by atoms with van der Waals surface area (Å²) in [5.74, 6) is 0.683. The van der Waals surface area contributed by atoms with E-state index >= 15 is 0 Å². The predicted molar refractivity (Wildman–Crippen MR) is 83.6 cm³/mol. The molecule has 1 aromatic heterocycles. The van der Waals surface area contributed by atoms with E-state index in [4.69, 9.17) is 0 Å². The van der Waals surface area contributed by atoms with Crippen LogP contribution in [0.1, 0.15) is 37.2 Å². The van der Waals surface area contributed by atoms with Crippen LogP contribution < -0.4 is 5.32 Å². The van der Waals surface area contributed by atoms with Gasteiger partial charge in [-0.05, 0) is 41.3 Å². The van der Waals surface area contributed by atoms with Gasteiger partial charge in [0.2, 0.25) is 5.91 Å². The lowest BCUT2D eigenvalue weighted by Gasteiger charge is -2.19. The molecule has 1 atom stereocenters. The molecule has 0 bridgehead atoms. The number of aromatic nitrogens is 2. The molecule has 1 aliphatic rings. The number of hydrogen-bond acceptors (Lipinski definition) is 3. The first-order valence-electron chi connectivity index (χ1n) is 6.96. The number of carbonyl (C=O) groups excluding carboxylic acids is 1. The van der Waals surface area contributed by atoms with E-state index in [0.717, 1.165) is 22.9 Å². The average Bonchev–Trinajstić information content (AvgIpc) is 3.30. The number of nitrogens with zero attached hydrogens (tertiary/aromatic N) is 2. The number of rotatable bonds is 4. The van der Waals surface area contributed by atoms with Crippen molar-refractivity contribution in [2.24, 2.45) is 0 Å². The molecule has 1 saturated carbocycles. The summed E-state index contributed by atoms with van der Waals surface area (Å²) >= 11 is 3.31. The average molecular weight is 346 g/mol. The number of carbonyl (C=O) groups is 1. The molecule has 1 aromatic carbocycles. The normalized spacial score (nSPS) is 17.0. The van der Waals surface area contributed by atoms with Gasteiger partial charge in [-0.1, -0.05) is 30.3 Å². The predicted octanol–water partition coefficient (Wildman–Crippen LogP) is 3.15. The molecule has 1 fully saturated rings. The number of halogens is 1. The van der Waals surface area contributed by atoms with Crippen LogP contribution in [-0.2, 0) is 10.2 Å². The van der Waals surface area contributed by atoms with Gasteiger partial charge in [-0.3, -0.25) is 4.79 Å². The molecule has 21 heavy (non-hydrogen) atoms. The summed E-state index contributed by atoms with van der Waals surface area (Å²) in [4.78, 5) is 21.1. The molecule has 4 nitrogen and oxygen atoms in total. The Morgan fingerprint density at radius 2 is 1.86 bits per heavy atom. The van der Waals surface area contributed by atoms with E-state index in [0.29, 0.717) is 5.82 Å². The first-order chi connectivity index (χ1) is 10.1. The summed E-state index contributed by atoms with van der Waals surface area (Å²) in [6.45, 7) is 1.90. The molecule has 0 saturated heterocycles. The summed E-state index contributed by atoms with van der Waals surface area (Å²) < 4.78 is 0.827. The number of amides is 1. The Bertz CT molecular complexity index is 638. The number of nitrogens with one attached hydrogen (secondary N) is 1. The van der Waals surface area contributed by atoms with Crippen molar-refractivity contribution < 1.29 is 4.79 Å². The second-order valence-electron chi connectivity index (χ2n) is 5.40. The highest BCUT2D eigenvalue weighted by Crippen LogP contribution is 2.48. The summed E-state index contributed by atoms with van der Waals surface area (Å²) in [6, 6.07) is 9.76. The highest BCUT2D eigenvalue weighted by molar-refractivity contribution is 9.10. The Labute approximate surface area is 132 Å². The first kappa shape index (κ1) is 14.2. The molecular weight excluding hydrogens is 330 g/mol. The third-order valence-electron chi connectivity index (χ3n) is 3.89. The maximum atomic E-state index is 12.6. The highest BCUT2D eigenvalue weighted by Gasteiger charge is 2.51. The summed E-state index contributed by atoms with van der Waals surface area (Å²) in [5, 5.41) is 3.04. The molecule has 5 heteroatoms. The van der Waals surface area contributed by atoms with Crippen LogP contribution in [0, 0.1) is 0 Å². The molecule has 1 heterocycles. The number of hydrogen-bond donors (Lipinski definition) is 1. The lowest BCUT2D eigenvalue weighted by atomic mass is 9.95. The zero-order chi connectivity index (χ0) is 14.9. The third kappa shape index (κ3) is 2.83. The molecule has 3 rings (SSSR count). The molecule has 1 N–H and O–H groups in total. The van der Waals surface area contributed by atoms with Gasteiger partial charge in [0, 0.05) is 12.4 Å². The number of benzene rings is 1. The van der Waals surface area contributed by atoms with Gasteiger partial charge in [0.15, 0.2) is 0 Å². The molecule has 0 aliphatic heterocycles. The Morgan fingerprint density at radius 3 is 2.43 bits per heavy atom. The molecule has 1 amide bonds. The highest BCUT2D eigenvalue weighted by atomic mass is 79.9. The van der Waals surface area contributed by atoms with E-state index in [9.17, 15) is 4.79 Å².